The van der Waals surface area contributed by atoms with Crippen LogP contribution >= 0.6 is 0 Å². The van der Waals surface area contributed by atoms with Gasteiger partial charge in [0, 0.05) is 24.8 Å². The predicted molar refractivity (Wildman–Crippen MR) is 150 cm³/mol. The van der Waals surface area contributed by atoms with Gasteiger partial charge in [0.05, 0.1) is 14.2 Å². The van der Waals surface area contributed by atoms with Crippen molar-refractivity contribution in [2.75, 3.05) is 45.7 Å². The van der Waals surface area contributed by atoms with Crippen molar-refractivity contribution in [3.05, 3.63) is 82.4 Å². The summed E-state index contributed by atoms with van der Waals surface area (Å²) in [5.41, 5.74) is 7.83. The van der Waals surface area contributed by atoms with Crippen molar-refractivity contribution in [1.29, 1.82) is 0 Å². The van der Waals surface area contributed by atoms with Gasteiger partial charge in [0.15, 0.2) is 11.5 Å². The molecule has 1 atom stereocenters. The Bertz CT molecular complexity index is 1190. The minimum Gasteiger partial charge on any atom is -0.508 e. The summed E-state index contributed by atoms with van der Waals surface area (Å²) in [4.78, 5) is 2.53. The van der Waals surface area contributed by atoms with Crippen molar-refractivity contribution in [2.45, 2.75) is 50.9 Å². The molecule has 0 amide bonds. The first-order valence-corrected chi connectivity index (χ1v) is 13.7. The molecule has 1 saturated heterocycles. The molecule has 1 aliphatic heterocycles. The Morgan fingerprint density at radius 2 is 1.62 bits per heavy atom. The summed E-state index contributed by atoms with van der Waals surface area (Å²) >= 11 is 0. The molecule has 5 rings (SSSR count). The molecule has 196 valence electrons. The Hall–Kier alpha value is -3.18. The maximum Gasteiger partial charge on any atom is 0.162 e. The smallest absolute Gasteiger partial charge is 0.162 e. The summed E-state index contributed by atoms with van der Waals surface area (Å²) in [5, 5.41) is 13.6. The summed E-state index contributed by atoms with van der Waals surface area (Å²) in [6.07, 6.45) is 7.61. The molecule has 0 spiro atoms. The number of methoxy groups -OCH3 is 2. The lowest BCUT2D eigenvalue weighted by Crippen LogP contribution is -2.38. The normalized spacial score (nSPS) is 17.1. The van der Waals surface area contributed by atoms with Crippen LogP contribution in [0.5, 0.6) is 17.2 Å². The molecule has 37 heavy (non-hydrogen) atoms. The highest BCUT2D eigenvalue weighted by atomic mass is 16.5. The summed E-state index contributed by atoms with van der Waals surface area (Å²) in [7, 11) is 3.39. The highest BCUT2D eigenvalue weighted by molar-refractivity contribution is 5.62. The van der Waals surface area contributed by atoms with Gasteiger partial charge in [0.25, 0.3) is 0 Å². The molecule has 3 aromatic carbocycles. The van der Waals surface area contributed by atoms with Gasteiger partial charge < -0.3 is 24.8 Å². The van der Waals surface area contributed by atoms with Crippen LogP contribution in [0.3, 0.4) is 0 Å². The number of hydrogen-bond donors (Lipinski definition) is 2. The van der Waals surface area contributed by atoms with Gasteiger partial charge in [-0.25, -0.2) is 0 Å². The molecule has 2 aliphatic rings. The van der Waals surface area contributed by atoms with Crippen LogP contribution in [-0.4, -0.2) is 50.4 Å². The van der Waals surface area contributed by atoms with Crippen LogP contribution < -0.4 is 14.8 Å². The molecular formula is C32H40N2O3. The number of rotatable bonds is 11. The van der Waals surface area contributed by atoms with E-state index < -0.39 is 0 Å². The number of nitrogens with one attached hydrogen (secondary N) is 1. The average molecular weight is 501 g/mol. The third-order valence-electron chi connectivity index (χ3n) is 8.06. The van der Waals surface area contributed by atoms with E-state index in [1.165, 1.54) is 53.9 Å². The molecule has 3 aromatic rings. The lowest BCUT2D eigenvalue weighted by Gasteiger charge is -2.30. The van der Waals surface area contributed by atoms with E-state index in [1.807, 2.05) is 6.07 Å². The summed E-state index contributed by atoms with van der Waals surface area (Å²) in [5.74, 6) is 2.27. The van der Waals surface area contributed by atoms with E-state index in [1.54, 1.807) is 20.3 Å². The summed E-state index contributed by atoms with van der Waals surface area (Å²) < 4.78 is 11.3. The monoisotopic (exact) mass is 500 g/mol. The first-order chi connectivity index (χ1) is 18.1. The van der Waals surface area contributed by atoms with Crippen LogP contribution in [0.25, 0.3) is 0 Å². The summed E-state index contributed by atoms with van der Waals surface area (Å²) in [6.45, 7) is 4.62. The van der Waals surface area contributed by atoms with Gasteiger partial charge in [-0.1, -0.05) is 30.3 Å². The number of ether oxygens (including phenoxy) is 2. The van der Waals surface area contributed by atoms with Gasteiger partial charge in [-0.3, -0.25) is 0 Å². The van der Waals surface area contributed by atoms with Crippen LogP contribution in [-0.2, 0) is 25.7 Å². The van der Waals surface area contributed by atoms with Gasteiger partial charge in [-0.05, 0) is 110 Å². The minimum absolute atomic E-state index is 0.354. The number of aryl methyl sites for hydroxylation is 2. The standard InChI is InChI=1S/C32H40N2O3/c1-36-31-21-29(27-11-10-26-20-28(35)13-12-25(26)19-27)30(22-32(31)37-2)33-15-3-5-23-6-8-24(9-7-23)14-18-34-16-4-17-34/h6-9,12-13,20-22,27,33,35H,3-5,10-11,14-19H2,1-2H3/t27-/m1/s1. The van der Waals surface area contributed by atoms with Crippen LogP contribution in [0.4, 0.5) is 5.69 Å². The number of benzene rings is 3. The van der Waals surface area contributed by atoms with Gasteiger partial charge >= 0.3 is 0 Å². The quantitative estimate of drug-likeness (QED) is 0.318. The number of phenols is 1. The molecule has 1 aliphatic carbocycles. The van der Waals surface area contributed by atoms with E-state index in [0.717, 1.165) is 62.3 Å². The minimum atomic E-state index is 0.354. The van der Waals surface area contributed by atoms with Crippen molar-refractivity contribution in [1.82, 2.24) is 4.90 Å². The number of aromatic hydroxyl groups is 1. The van der Waals surface area contributed by atoms with Gasteiger partial charge in [-0.2, -0.15) is 0 Å². The number of anilines is 1. The molecule has 2 N–H and O–H groups in total. The van der Waals surface area contributed by atoms with E-state index in [0.29, 0.717) is 11.7 Å². The van der Waals surface area contributed by atoms with Gasteiger partial charge in [0.1, 0.15) is 5.75 Å². The van der Waals surface area contributed by atoms with E-state index in [-0.39, 0.29) is 0 Å². The second-order valence-corrected chi connectivity index (χ2v) is 10.5. The van der Waals surface area contributed by atoms with E-state index >= 15 is 0 Å². The molecule has 0 aromatic heterocycles. The van der Waals surface area contributed by atoms with Crippen LogP contribution in [0, 0.1) is 0 Å². The first kappa shape index (κ1) is 25.5. The van der Waals surface area contributed by atoms with Crippen molar-refractivity contribution in [3.63, 3.8) is 0 Å². The van der Waals surface area contributed by atoms with Gasteiger partial charge in [0.2, 0.25) is 0 Å². The van der Waals surface area contributed by atoms with Crippen LogP contribution in [0.15, 0.2) is 54.6 Å². The van der Waals surface area contributed by atoms with Gasteiger partial charge in [-0.15, -0.1) is 0 Å². The average Bonchev–Trinajstić information content (AvgIpc) is 2.90. The largest absolute Gasteiger partial charge is 0.508 e. The fourth-order valence-electron chi connectivity index (χ4n) is 5.67. The molecule has 0 bridgehead atoms. The lowest BCUT2D eigenvalue weighted by atomic mass is 9.79. The maximum absolute atomic E-state index is 9.87. The van der Waals surface area contributed by atoms with Crippen LogP contribution in [0.1, 0.15) is 53.0 Å². The topological polar surface area (TPSA) is 54.0 Å². The number of likely N-dealkylation sites (tertiary alicyclic amines) is 1. The summed E-state index contributed by atoms with van der Waals surface area (Å²) in [6, 6.07) is 19.2. The Kier molecular flexibility index (Phi) is 8.20. The third-order valence-corrected chi connectivity index (χ3v) is 8.06. The molecule has 5 nitrogen and oxygen atoms in total. The van der Waals surface area contributed by atoms with Crippen molar-refractivity contribution < 1.29 is 14.6 Å². The molecule has 0 unspecified atom stereocenters. The van der Waals surface area contributed by atoms with Crippen LogP contribution in [0.2, 0.25) is 0 Å². The SMILES string of the molecule is COc1cc(NCCCc2ccc(CCN3CCC3)cc2)c([C@@H]2CCc3cc(O)ccc3C2)cc1OC. The second-order valence-electron chi connectivity index (χ2n) is 10.5. The molecule has 1 heterocycles. The second kappa shape index (κ2) is 11.9. The number of phenolic OH excluding ortho intramolecular Hbond substituents is 1. The molecular weight excluding hydrogens is 460 g/mol. The number of nitrogens with zero attached hydrogens (tertiary/aromatic N) is 1. The Morgan fingerprint density at radius 3 is 2.32 bits per heavy atom. The first-order valence-electron chi connectivity index (χ1n) is 13.7. The van der Waals surface area contributed by atoms with E-state index in [4.69, 9.17) is 9.47 Å². The molecule has 0 saturated carbocycles. The van der Waals surface area contributed by atoms with E-state index in [9.17, 15) is 5.11 Å². The Morgan fingerprint density at radius 1 is 0.892 bits per heavy atom. The fraction of sp³-hybridized carbons (Fsp3) is 0.438. The van der Waals surface area contributed by atoms with E-state index in [2.05, 4.69) is 52.7 Å². The zero-order valence-electron chi connectivity index (χ0n) is 22.3. The Balaban J connectivity index is 1.21. The Labute approximate surface area is 221 Å². The zero-order chi connectivity index (χ0) is 25.6. The molecule has 0 radical (unpaired) electrons. The predicted octanol–water partition coefficient (Wildman–Crippen LogP) is 5.97. The fourth-order valence-corrected chi connectivity index (χ4v) is 5.67. The highest BCUT2D eigenvalue weighted by Crippen LogP contribution is 2.42. The lowest BCUT2D eigenvalue weighted by molar-refractivity contribution is 0.184. The highest BCUT2D eigenvalue weighted by Gasteiger charge is 2.24. The van der Waals surface area contributed by atoms with Crippen molar-refractivity contribution in [2.24, 2.45) is 0 Å². The number of hydrogen-bond acceptors (Lipinski definition) is 5. The van der Waals surface area contributed by atoms with Crippen molar-refractivity contribution >= 4 is 5.69 Å². The molecule has 1 fully saturated rings. The maximum atomic E-state index is 9.87. The number of fused-ring (bicyclic) bond motifs is 1. The zero-order valence-corrected chi connectivity index (χ0v) is 22.3. The van der Waals surface area contributed by atoms with Crippen molar-refractivity contribution in [3.8, 4) is 17.2 Å². The third kappa shape index (κ3) is 6.22. The molecule has 5 heteroatoms.